The molecule has 6 heteroatoms. The Bertz CT molecular complexity index is 501. The summed E-state index contributed by atoms with van der Waals surface area (Å²) in [5, 5.41) is 0. The number of ether oxygens (including phenoxy) is 1. The van der Waals surface area contributed by atoms with E-state index in [4.69, 9.17) is 4.74 Å². The highest BCUT2D eigenvalue weighted by Crippen LogP contribution is 2.33. The van der Waals surface area contributed by atoms with Gasteiger partial charge in [0.15, 0.2) is 9.84 Å². The van der Waals surface area contributed by atoms with Crippen LogP contribution < -0.4 is 9.64 Å². The van der Waals surface area contributed by atoms with Gasteiger partial charge in [-0.3, -0.25) is 0 Å². The second-order valence-electron chi connectivity index (χ2n) is 3.62. The molecule has 4 nitrogen and oxygen atoms in total. The Kier molecular flexibility index (Phi) is 3.29. The predicted molar refractivity (Wildman–Crippen MR) is 71.3 cm³/mol. The van der Waals surface area contributed by atoms with Crippen molar-refractivity contribution in [2.24, 2.45) is 0 Å². The topological polar surface area (TPSA) is 46.6 Å². The average molecular weight is 353 g/mol. The van der Waals surface area contributed by atoms with Crippen LogP contribution in [0, 0.1) is 0 Å². The van der Waals surface area contributed by atoms with E-state index in [1.807, 2.05) is 34.5 Å². The number of fused-ring (bicyclic) bond motifs is 1. The Morgan fingerprint density at radius 3 is 2.94 bits per heavy atom. The molecule has 0 fully saturated rings. The maximum absolute atomic E-state index is 11.7. The molecular weight excluding hydrogens is 341 g/mol. The molecule has 0 radical (unpaired) electrons. The van der Waals surface area contributed by atoms with Crippen LogP contribution >= 0.6 is 22.6 Å². The summed E-state index contributed by atoms with van der Waals surface area (Å²) in [5.41, 5.74) is 0.845. The number of nitrogens with zero attached hydrogens (tertiary/aromatic N) is 1. The van der Waals surface area contributed by atoms with Crippen LogP contribution in [0.2, 0.25) is 0 Å². The maximum atomic E-state index is 11.7. The van der Waals surface area contributed by atoms with Crippen LogP contribution in [0.3, 0.4) is 0 Å². The molecule has 1 aliphatic rings. The van der Waals surface area contributed by atoms with Crippen molar-refractivity contribution in [3.63, 3.8) is 0 Å². The molecule has 0 bridgehead atoms. The molecule has 88 valence electrons. The largest absolute Gasteiger partial charge is 0.490 e. The highest BCUT2D eigenvalue weighted by atomic mass is 127. The van der Waals surface area contributed by atoms with Crippen LogP contribution in [0.15, 0.2) is 23.1 Å². The van der Waals surface area contributed by atoms with Crippen LogP contribution in [0.5, 0.6) is 5.75 Å². The average Bonchev–Trinajstić information content (AvgIpc) is 2.29. The Labute approximate surface area is 109 Å². The van der Waals surface area contributed by atoms with E-state index in [0.29, 0.717) is 11.5 Å². The van der Waals surface area contributed by atoms with E-state index in [0.717, 1.165) is 18.0 Å². The second-order valence-corrected chi connectivity index (χ2v) is 7.41. The van der Waals surface area contributed by atoms with Crippen molar-refractivity contribution in [1.82, 2.24) is 0 Å². The lowest BCUT2D eigenvalue weighted by atomic mass is 10.2. The molecule has 0 atom stereocenters. The normalized spacial score (nSPS) is 15.5. The van der Waals surface area contributed by atoms with E-state index in [1.165, 1.54) is 0 Å². The highest BCUT2D eigenvalue weighted by molar-refractivity contribution is 14.1. The summed E-state index contributed by atoms with van der Waals surface area (Å²) in [4.78, 5) is 2.36. The SMILES string of the molecule is CN1CCOc2ccc(S(=O)(=O)CI)cc21. The van der Waals surface area contributed by atoms with Gasteiger partial charge in [0.1, 0.15) is 16.1 Å². The van der Waals surface area contributed by atoms with Crippen LogP contribution in [0.1, 0.15) is 0 Å². The number of sulfone groups is 1. The maximum Gasteiger partial charge on any atom is 0.187 e. The van der Waals surface area contributed by atoms with Crippen LogP contribution in [0.4, 0.5) is 5.69 Å². The van der Waals surface area contributed by atoms with E-state index >= 15 is 0 Å². The van der Waals surface area contributed by atoms with Gasteiger partial charge >= 0.3 is 0 Å². The lowest BCUT2D eigenvalue weighted by molar-refractivity contribution is 0.311. The number of anilines is 1. The van der Waals surface area contributed by atoms with Gasteiger partial charge in [0.25, 0.3) is 0 Å². The highest BCUT2D eigenvalue weighted by Gasteiger charge is 2.19. The number of hydrogen-bond acceptors (Lipinski definition) is 4. The molecule has 1 aromatic carbocycles. The van der Waals surface area contributed by atoms with Gasteiger partial charge in [0.2, 0.25) is 0 Å². The standard InChI is InChI=1S/C10H12INO3S/c1-12-4-5-15-10-3-2-8(6-9(10)12)16(13,14)7-11/h2-3,6H,4-5,7H2,1H3. The van der Waals surface area contributed by atoms with Crippen molar-refractivity contribution in [2.75, 3.05) is 28.9 Å². The van der Waals surface area contributed by atoms with E-state index in [-0.39, 0.29) is 3.76 Å². The van der Waals surface area contributed by atoms with Gasteiger partial charge in [-0.2, -0.15) is 0 Å². The van der Waals surface area contributed by atoms with E-state index in [1.54, 1.807) is 18.2 Å². The summed E-state index contributed by atoms with van der Waals surface area (Å²) in [6.07, 6.45) is 0. The number of likely N-dealkylation sites (N-methyl/N-ethyl adjacent to an activating group) is 1. The van der Waals surface area contributed by atoms with E-state index in [2.05, 4.69) is 0 Å². The van der Waals surface area contributed by atoms with Crippen molar-refractivity contribution in [1.29, 1.82) is 0 Å². The lowest BCUT2D eigenvalue weighted by Gasteiger charge is -2.27. The van der Waals surface area contributed by atoms with Crippen molar-refractivity contribution in [3.8, 4) is 5.75 Å². The summed E-state index contributed by atoms with van der Waals surface area (Å²) in [7, 11) is -1.22. The molecule has 0 N–H and O–H groups in total. The molecule has 0 unspecified atom stereocenters. The van der Waals surface area contributed by atoms with Crippen LogP contribution in [-0.2, 0) is 9.84 Å². The van der Waals surface area contributed by atoms with Gasteiger partial charge in [0.05, 0.1) is 17.1 Å². The molecule has 1 aliphatic heterocycles. The Morgan fingerprint density at radius 1 is 1.50 bits per heavy atom. The zero-order valence-electron chi connectivity index (χ0n) is 8.81. The molecule has 1 heterocycles. The number of halogens is 1. The quantitative estimate of drug-likeness (QED) is 0.600. The zero-order chi connectivity index (χ0) is 11.8. The van der Waals surface area contributed by atoms with Gasteiger partial charge in [-0.1, -0.05) is 22.6 Å². The first-order valence-corrected chi connectivity index (χ1v) is 7.99. The molecule has 0 spiro atoms. The Hall–Kier alpha value is -0.500. The third kappa shape index (κ3) is 2.13. The van der Waals surface area contributed by atoms with Crippen molar-refractivity contribution >= 4 is 38.1 Å². The fraction of sp³-hybridized carbons (Fsp3) is 0.400. The summed E-state index contributed by atoms with van der Waals surface area (Å²) < 4.78 is 29.0. The van der Waals surface area contributed by atoms with Crippen molar-refractivity contribution in [2.45, 2.75) is 4.90 Å². The van der Waals surface area contributed by atoms with Gasteiger partial charge in [-0.15, -0.1) is 0 Å². The first kappa shape index (κ1) is 12.0. The molecular formula is C10H12INO3S. The smallest absolute Gasteiger partial charge is 0.187 e. The van der Waals surface area contributed by atoms with Crippen LogP contribution in [0.25, 0.3) is 0 Å². The van der Waals surface area contributed by atoms with Gasteiger partial charge in [0, 0.05) is 7.05 Å². The minimum absolute atomic E-state index is 0.0914. The second kappa shape index (κ2) is 4.40. The van der Waals surface area contributed by atoms with Crippen LogP contribution in [-0.4, -0.2) is 32.4 Å². The monoisotopic (exact) mass is 353 g/mol. The van der Waals surface area contributed by atoms with Gasteiger partial charge in [-0.05, 0) is 18.2 Å². The Balaban J connectivity index is 2.50. The minimum atomic E-state index is -3.15. The summed E-state index contributed by atoms with van der Waals surface area (Å²) in [6, 6.07) is 5.01. The fourth-order valence-electron chi connectivity index (χ4n) is 1.59. The molecule has 0 aliphatic carbocycles. The lowest BCUT2D eigenvalue weighted by Crippen LogP contribution is -2.28. The number of benzene rings is 1. The third-order valence-electron chi connectivity index (χ3n) is 2.53. The fourth-order valence-corrected chi connectivity index (χ4v) is 3.36. The van der Waals surface area contributed by atoms with E-state index in [9.17, 15) is 8.42 Å². The van der Waals surface area contributed by atoms with Gasteiger partial charge < -0.3 is 9.64 Å². The number of alkyl halides is 1. The summed E-state index contributed by atoms with van der Waals surface area (Å²) in [6.45, 7) is 1.42. The number of rotatable bonds is 2. The van der Waals surface area contributed by atoms with Gasteiger partial charge in [-0.25, -0.2) is 8.42 Å². The van der Waals surface area contributed by atoms with Crippen molar-refractivity contribution in [3.05, 3.63) is 18.2 Å². The molecule has 2 rings (SSSR count). The predicted octanol–water partition coefficient (Wildman–Crippen LogP) is 1.68. The van der Waals surface area contributed by atoms with E-state index < -0.39 is 9.84 Å². The summed E-state index contributed by atoms with van der Waals surface area (Å²) in [5.74, 6) is 0.751. The molecule has 0 saturated heterocycles. The van der Waals surface area contributed by atoms with Crippen molar-refractivity contribution < 1.29 is 13.2 Å². The minimum Gasteiger partial charge on any atom is -0.490 e. The molecule has 0 saturated carbocycles. The third-order valence-corrected chi connectivity index (χ3v) is 6.25. The Morgan fingerprint density at radius 2 is 2.25 bits per heavy atom. The molecule has 0 amide bonds. The summed E-state index contributed by atoms with van der Waals surface area (Å²) >= 11 is 1.86. The first-order valence-electron chi connectivity index (χ1n) is 4.81. The molecule has 1 aromatic rings. The first-order chi connectivity index (χ1) is 7.54. The molecule has 16 heavy (non-hydrogen) atoms. The number of hydrogen-bond donors (Lipinski definition) is 0. The zero-order valence-corrected chi connectivity index (χ0v) is 11.8. The molecule has 0 aromatic heterocycles.